The van der Waals surface area contributed by atoms with Gasteiger partial charge in [-0.25, -0.2) is 0 Å². The van der Waals surface area contributed by atoms with Crippen LogP contribution in [0.4, 0.5) is 0 Å². The molecule has 0 saturated carbocycles. The molecule has 8 rings (SSSR count). The Kier molecular flexibility index (Phi) is 4.55. The molecule has 0 aliphatic heterocycles. The minimum absolute atomic E-state index is 1.17. The molecule has 0 amide bonds. The first-order valence-electron chi connectivity index (χ1n) is 13.0. The van der Waals surface area contributed by atoms with Crippen molar-refractivity contribution in [3.8, 4) is 22.5 Å². The highest BCUT2D eigenvalue weighted by Crippen LogP contribution is 2.40. The highest BCUT2D eigenvalue weighted by atomic mass is 15.0. The topological polar surface area (TPSA) is 9.86 Å². The Balaban J connectivity index is 1.48. The molecule has 0 aliphatic rings. The second-order valence-corrected chi connectivity index (χ2v) is 9.81. The summed E-state index contributed by atoms with van der Waals surface area (Å²) >= 11 is 0. The molecule has 0 fully saturated rings. The second-order valence-electron chi connectivity index (χ2n) is 9.81. The van der Waals surface area contributed by atoms with Gasteiger partial charge in [0.25, 0.3) is 0 Å². The van der Waals surface area contributed by atoms with Crippen molar-refractivity contribution in [2.24, 2.45) is 0 Å². The number of rotatable bonds is 3. The number of benzene rings is 6. The summed E-state index contributed by atoms with van der Waals surface area (Å²) in [6.07, 6.45) is 0. The van der Waals surface area contributed by atoms with E-state index in [1.54, 1.807) is 0 Å². The average Bonchev–Trinajstić information content (AvgIpc) is 3.51. The summed E-state index contributed by atoms with van der Waals surface area (Å²) in [4.78, 5) is 0. The fraction of sp³-hybridized carbons (Fsp3) is 0. The molecule has 0 saturated heterocycles. The van der Waals surface area contributed by atoms with Crippen LogP contribution < -0.4 is 0 Å². The van der Waals surface area contributed by atoms with Crippen LogP contribution in [0.15, 0.2) is 146 Å². The largest absolute Gasteiger partial charge is 0.309 e. The van der Waals surface area contributed by atoms with E-state index < -0.39 is 0 Å². The zero-order valence-corrected chi connectivity index (χ0v) is 20.8. The monoisotopic (exact) mass is 484 g/mol. The Morgan fingerprint density at radius 1 is 0.342 bits per heavy atom. The van der Waals surface area contributed by atoms with E-state index in [1.807, 2.05) is 0 Å². The highest BCUT2D eigenvalue weighted by molar-refractivity contribution is 6.15. The highest BCUT2D eigenvalue weighted by Gasteiger charge is 2.18. The van der Waals surface area contributed by atoms with Crippen molar-refractivity contribution in [1.82, 2.24) is 9.13 Å². The molecule has 6 aromatic carbocycles. The lowest BCUT2D eigenvalue weighted by atomic mass is 10.0. The van der Waals surface area contributed by atoms with Crippen LogP contribution in [0.2, 0.25) is 0 Å². The van der Waals surface area contributed by atoms with Gasteiger partial charge in [-0.1, -0.05) is 103 Å². The predicted octanol–water partition coefficient (Wildman–Crippen LogP) is 9.55. The van der Waals surface area contributed by atoms with Crippen LogP contribution in [0.5, 0.6) is 0 Å². The molecule has 0 unspecified atom stereocenters. The standard InChI is InChI=1S/C36H24N2/c1-3-12-26(13-4-1)37-33-20-9-7-16-29(33)31-23-22-25(24-35(31)37)28-18-11-19-32-30-17-8-10-21-34(30)38(36(28)32)27-14-5-2-6-15-27/h1-24H. The van der Waals surface area contributed by atoms with Crippen LogP contribution in [0, 0.1) is 0 Å². The first-order chi connectivity index (χ1) is 18.9. The van der Waals surface area contributed by atoms with Gasteiger partial charge in [0.15, 0.2) is 0 Å². The molecule has 178 valence electrons. The molecular formula is C36H24N2. The molecule has 8 aromatic rings. The van der Waals surface area contributed by atoms with Gasteiger partial charge in [0.2, 0.25) is 0 Å². The molecule has 0 atom stereocenters. The quantitative estimate of drug-likeness (QED) is 0.236. The van der Waals surface area contributed by atoms with Crippen molar-refractivity contribution in [3.05, 3.63) is 146 Å². The van der Waals surface area contributed by atoms with Crippen LogP contribution in [-0.2, 0) is 0 Å². The molecule has 0 N–H and O–H groups in total. The summed E-state index contributed by atoms with van der Waals surface area (Å²) in [7, 11) is 0. The molecule has 0 spiro atoms. The molecule has 2 nitrogen and oxygen atoms in total. The van der Waals surface area contributed by atoms with E-state index in [2.05, 4.69) is 155 Å². The van der Waals surface area contributed by atoms with E-state index in [9.17, 15) is 0 Å². The van der Waals surface area contributed by atoms with E-state index in [1.165, 1.54) is 66.1 Å². The number of hydrogen-bond donors (Lipinski definition) is 0. The third-order valence-corrected chi connectivity index (χ3v) is 7.71. The molecule has 0 aliphatic carbocycles. The van der Waals surface area contributed by atoms with Gasteiger partial charge >= 0.3 is 0 Å². The van der Waals surface area contributed by atoms with Gasteiger partial charge in [0, 0.05) is 38.5 Å². The van der Waals surface area contributed by atoms with Crippen molar-refractivity contribution < 1.29 is 0 Å². The van der Waals surface area contributed by atoms with Gasteiger partial charge in [-0.15, -0.1) is 0 Å². The molecule has 0 radical (unpaired) electrons. The smallest absolute Gasteiger partial charge is 0.0619 e. The SMILES string of the molecule is c1ccc(-n2c3ccccc3c3ccc(-c4cccc5c6ccccc6n(-c6ccccc6)c45)cc32)cc1. The number of aromatic nitrogens is 2. The molecular weight excluding hydrogens is 460 g/mol. The Bertz CT molecular complexity index is 2110. The molecule has 0 bridgehead atoms. The lowest BCUT2D eigenvalue weighted by Crippen LogP contribution is -1.96. The van der Waals surface area contributed by atoms with Crippen LogP contribution >= 0.6 is 0 Å². The Hall–Kier alpha value is -5.08. The third kappa shape index (κ3) is 3.01. The van der Waals surface area contributed by atoms with E-state index >= 15 is 0 Å². The molecule has 2 aromatic heterocycles. The summed E-state index contributed by atoms with van der Waals surface area (Å²) in [6, 6.07) is 52.4. The van der Waals surface area contributed by atoms with Crippen LogP contribution in [0.1, 0.15) is 0 Å². The second kappa shape index (κ2) is 8.22. The van der Waals surface area contributed by atoms with E-state index in [4.69, 9.17) is 0 Å². The van der Waals surface area contributed by atoms with Gasteiger partial charge in [-0.05, 0) is 48.0 Å². The Labute approximate surface area is 220 Å². The predicted molar refractivity (Wildman–Crippen MR) is 161 cm³/mol. The van der Waals surface area contributed by atoms with Crippen LogP contribution in [0.3, 0.4) is 0 Å². The van der Waals surface area contributed by atoms with Gasteiger partial charge in [-0.2, -0.15) is 0 Å². The number of hydrogen-bond acceptors (Lipinski definition) is 0. The maximum atomic E-state index is 2.41. The normalized spacial score (nSPS) is 11.7. The zero-order chi connectivity index (χ0) is 25.1. The summed E-state index contributed by atoms with van der Waals surface area (Å²) in [5, 5.41) is 5.08. The number of para-hydroxylation sites is 5. The average molecular weight is 485 g/mol. The van der Waals surface area contributed by atoms with Crippen molar-refractivity contribution in [2.75, 3.05) is 0 Å². The lowest BCUT2D eigenvalue weighted by molar-refractivity contribution is 1.18. The Morgan fingerprint density at radius 2 is 0.868 bits per heavy atom. The van der Waals surface area contributed by atoms with E-state index in [0.29, 0.717) is 0 Å². The zero-order valence-electron chi connectivity index (χ0n) is 20.8. The minimum Gasteiger partial charge on any atom is -0.309 e. The van der Waals surface area contributed by atoms with Crippen molar-refractivity contribution in [1.29, 1.82) is 0 Å². The fourth-order valence-corrected chi connectivity index (χ4v) is 6.09. The van der Waals surface area contributed by atoms with Crippen molar-refractivity contribution in [3.63, 3.8) is 0 Å². The molecule has 2 heteroatoms. The minimum atomic E-state index is 1.17. The van der Waals surface area contributed by atoms with Gasteiger partial charge in [0.1, 0.15) is 0 Å². The fourth-order valence-electron chi connectivity index (χ4n) is 6.09. The number of nitrogens with zero attached hydrogens (tertiary/aromatic N) is 2. The Morgan fingerprint density at radius 3 is 1.58 bits per heavy atom. The summed E-state index contributed by atoms with van der Waals surface area (Å²) in [5.74, 6) is 0. The first-order valence-corrected chi connectivity index (χ1v) is 13.0. The van der Waals surface area contributed by atoms with Crippen molar-refractivity contribution in [2.45, 2.75) is 0 Å². The summed E-state index contributed by atoms with van der Waals surface area (Å²) < 4.78 is 4.80. The van der Waals surface area contributed by atoms with Gasteiger partial charge in [0.05, 0.1) is 22.1 Å². The summed E-state index contributed by atoms with van der Waals surface area (Å²) in [6.45, 7) is 0. The van der Waals surface area contributed by atoms with Gasteiger partial charge in [-0.3, -0.25) is 0 Å². The van der Waals surface area contributed by atoms with Crippen molar-refractivity contribution >= 4 is 43.6 Å². The third-order valence-electron chi connectivity index (χ3n) is 7.71. The summed E-state index contributed by atoms with van der Waals surface area (Å²) in [5.41, 5.74) is 9.69. The van der Waals surface area contributed by atoms with Crippen LogP contribution in [-0.4, -0.2) is 9.13 Å². The maximum Gasteiger partial charge on any atom is 0.0619 e. The van der Waals surface area contributed by atoms with E-state index in [-0.39, 0.29) is 0 Å². The molecule has 2 heterocycles. The van der Waals surface area contributed by atoms with Crippen LogP contribution in [0.25, 0.3) is 66.1 Å². The van der Waals surface area contributed by atoms with E-state index in [0.717, 1.165) is 0 Å². The first kappa shape index (κ1) is 21.0. The molecule has 38 heavy (non-hydrogen) atoms. The maximum absolute atomic E-state index is 2.41. The number of fused-ring (bicyclic) bond motifs is 6. The van der Waals surface area contributed by atoms with Gasteiger partial charge < -0.3 is 9.13 Å². The lowest BCUT2D eigenvalue weighted by Gasteiger charge is -2.13.